The number of hydrogen-bond acceptors (Lipinski definition) is 4. The molecule has 1 unspecified atom stereocenters. The molecule has 3 amide bonds. The van der Waals surface area contributed by atoms with Gasteiger partial charge in [0.15, 0.2) is 0 Å². The molecule has 0 aromatic heterocycles. The Morgan fingerprint density at radius 3 is 2.20 bits per heavy atom. The molecule has 0 aliphatic heterocycles. The van der Waals surface area contributed by atoms with Crippen molar-refractivity contribution in [2.45, 2.75) is 58.7 Å². The Morgan fingerprint density at radius 2 is 1.70 bits per heavy atom. The van der Waals surface area contributed by atoms with Crippen molar-refractivity contribution in [1.82, 2.24) is 15.5 Å². The predicted molar refractivity (Wildman–Crippen MR) is 115 cm³/mol. The first-order valence-corrected chi connectivity index (χ1v) is 9.42. The molecule has 1 atom stereocenters. The van der Waals surface area contributed by atoms with Crippen LogP contribution in [-0.4, -0.2) is 40.5 Å². The van der Waals surface area contributed by atoms with Gasteiger partial charge in [0.1, 0.15) is 18.2 Å². The summed E-state index contributed by atoms with van der Waals surface area (Å²) in [6, 6.07) is 7.80. The van der Waals surface area contributed by atoms with Gasteiger partial charge >= 0.3 is 6.09 Å². The Kier molecular flexibility index (Phi) is 8.07. The van der Waals surface area contributed by atoms with Crippen LogP contribution in [0.4, 0.5) is 4.79 Å². The number of nitrogens with one attached hydrogen (secondary N) is 2. The first-order chi connectivity index (χ1) is 13.8. The second-order valence-electron chi connectivity index (χ2n) is 8.62. The van der Waals surface area contributed by atoms with E-state index in [4.69, 9.17) is 17.6 Å². The maximum atomic E-state index is 13.1. The third-order valence-electron chi connectivity index (χ3n) is 3.61. The van der Waals surface area contributed by atoms with Crippen LogP contribution < -0.4 is 10.6 Å². The van der Waals surface area contributed by atoms with Crippen molar-refractivity contribution in [1.29, 1.82) is 0 Å². The zero-order chi connectivity index (χ0) is 23.1. The number of carbonyl (C=O) groups is 3. The summed E-state index contributed by atoms with van der Waals surface area (Å²) in [5, 5.41) is 5.18. The highest BCUT2D eigenvalue weighted by Gasteiger charge is 2.34. The number of hydrogen-bond donors (Lipinski definition) is 2. The van der Waals surface area contributed by atoms with Gasteiger partial charge in [0, 0.05) is 22.7 Å². The fourth-order valence-corrected chi connectivity index (χ4v) is 2.54. The lowest BCUT2D eigenvalue weighted by Crippen LogP contribution is -2.50. The highest BCUT2D eigenvalue weighted by atomic mass is 16.6. The molecule has 1 aromatic rings. The quantitative estimate of drug-likeness (QED) is 0.576. The molecule has 0 saturated carbocycles. The van der Waals surface area contributed by atoms with E-state index < -0.39 is 41.6 Å². The molecule has 7 nitrogen and oxygen atoms in total. The van der Waals surface area contributed by atoms with Crippen molar-refractivity contribution in [3.05, 3.63) is 35.4 Å². The number of alkyl carbamates (subject to hydrolysis) is 1. The molecule has 1 rings (SSSR count). The SMILES string of the molecule is C#Cc1ccccc1C(C(=O)NC(C)(C)C)N(C#C)C(=O)CNC(=O)OC(C)(C)C. The van der Waals surface area contributed by atoms with Gasteiger partial charge in [0.25, 0.3) is 5.91 Å². The van der Waals surface area contributed by atoms with Gasteiger partial charge < -0.3 is 15.4 Å². The van der Waals surface area contributed by atoms with Crippen molar-refractivity contribution in [2.24, 2.45) is 0 Å². The molecule has 0 aliphatic carbocycles. The van der Waals surface area contributed by atoms with Gasteiger partial charge in [0.2, 0.25) is 5.91 Å². The predicted octanol–water partition coefficient (Wildman–Crippen LogP) is 2.57. The van der Waals surface area contributed by atoms with E-state index in [0.717, 1.165) is 4.90 Å². The van der Waals surface area contributed by atoms with Gasteiger partial charge in [-0.2, -0.15) is 0 Å². The summed E-state index contributed by atoms with van der Waals surface area (Å²) in [6.45, 7) is 10.1. The average Bonchev–Trinajstić information content (AvgIpc) is 2.61. The zero-order valence-electron chi connectivity index (χ0n) is 18.3. The van der Waals surface area contributed by atoms with Gasteiger partial charge in [-0.3, -0.25) is 14.5 Å². The van der Waals surface area contributed by atoms with Crippen LogP contribution in [-0.2, 0) is 14.3 Å². The largest absolute Gasteiger partial charge is 0.444 e. The normalized spacial score (nSPS) is 12.0. The van der Waals surface area contributed by atoms with Gasteiger partial charge in [-0.25, -0.2) is 4.79 Å². The van der Waals surface area contributed by atoms with Gasteiger partial charge in [-0.1, -0.05) is 30.5 Å². The fourth-order valence-electron chi connectivity index (χ4n) is 2.54. The lowest BCUT2D eigenvalue weighted by atomic mass is 9.97. The van der Waals surface area contributed by atoms with Crippen molar-refractivity contribution in [2.75, 3.05) is 6.54 Å². The number of terminal acetylenes is 2. The van der Waals surface area contributed by atoms with Crippen LogP contribution in [0, 0.1) is 24.8 Å². The van der Waals surface area contributed by atoms with Crippen LogP contribution in [0.1, 0.15) is 58.7 Å². The minimum Gasteiger partial charge on any atom is -0.444 e. The molecule has 0 aliphatic rings. The van der Waals surface area contributed by atoms with E-state index in [1.165, 1.54) is 0 Å². The zero-order valence-corrected chi connectivity index (χ0v) is 18.3. The molecular weight excluding hydrogens is 382 g/mol. The van der Waals surface area contributed by atoms with Crippen LogP contribution in [0.2, 0.25) is 0 Å². The van der Waals surface area contributed by atoms with E-state index in [-0.39, 0.29) is 0 Å². The summed E-state index contributed by atoms with van der Waals surface area (Å²) in [4.78, 5) is 38.7. The molecule has 0 spiro atoms. The molecule has 2 N–H and O–H groups in total. The van der Waals surface area contributed by atoms with Crippen LogP contribution in [0.3, 0.4) is 0 Å². The summed E-state index contributed by atoms with van der Waals surface area (Å²) in [7, 11) is 0. The highest BCUT2D eigenvalue weighted by Crippen LogP contribution is 2.25. The number of amides is 3. The van der Waals surface area contributed by atoms with E-state index in [2.05, 4.69) is 22.6 Å². The monoisotopic (exact) mass is 411 g/mol. The number of ether oxygens (including phenoxy) is 1. The van der Waals surface area contributed by atoms with Crippen LogP contribution in [0.15, 0.2) is 24.3 Å². The summed E-state index contributed by atoms with van der Waals surface area (Å²) in [5.74, 6) is 1.36. The molecule has 160 valence electrons. The average molecular weight is 412 g/mol. The number of nitrogens with zero attached hydrogens (tertiary/aromatic N) is 1. The lowest BCUT2D eigenvalue weighted by molar-refractivity contribution is -0.137. The van der Waals surface area contributed by atoms with Crippen molar-refractivity contribution < 1.29 is 19.1 Å². The standard InChI is InChI=1S/C23H29N3O4/c1-9-16-13-11-12-14-17(16)19(20(28)25-22(3,4)5)26(10-2)18(27)15-24-21(29)30-23(6,7)8/h1-2,11-14,19H,15H2,3-8H3,(H,24,29)(H,25,28). The Bertz CT molecular complexity index is 879. The van der Waals surface area contributed by atoms with E-state index in [1.807, 2.05) is 0 Å². The molecular formula is C23H29N3O4. The Balaban J connectivity index is 3.22. The van der Waals surface area contributed by atoms with E-state index in [1.54, 1.807) is 65.8 Å². The third kappa shape index (κ3) is 7.52. The molecule has 0 fully saturated rings. The molecule has 7 heteroatoms. The number of carbonyl (C=O) groups excluding carboxylic acids is 3. The van der Waals surface area contributed by atoms with Gasteiger partial charge in [-0.05, 0) is 47.6 Å². The molecule has 1 aromatic carbocycles. The number of benzene rings is 1. The summed E-state index contributed by atoms with van der Waals surface area (Å²) < 4.78 is 5.12. The second kappa shape index (κ2) is 9.84. The van der Waals surface area contributed by atoms with Crippen LogP contribution in [0.25, 0.3) is 0 Å². The fraction of sp³-hybridized carbons (Fsp3) is 0.435. The van der Waals surface area contributed by atoms with Crippen molar-refractivity contribution in [3.63, 3.8) is 0 Å². The van der Waals surface area contributed by atoms with Crippen molar-refractivity contribution in [3.8, 4) is 24.8 Å². The summed E-state index contributed by atoms with van der Waals surface area (Å²) in [5.41, 5.74) is -0.455. The highest BCUT2D eigenvalue weighted by molar-refractivity contribution is 5.92. The van der Waals surface area contributed by atoms with Crippen molar-refractivity contribution >= 4 is 17.9 Å². The molecule has 30 heavy (non-hydrogen) atoms. The first kappa shape index (κ1) is 24.6. The van der Waals surface area contributed by atoms with E-state index >= 15 is 0 Å². The van der Waals surface area contributed by atoms with Gasteiger partial charge in [-0.15, -0.1) is 6.42 Å². The smallest absolute Gasteiger partial charge is 0.408 e. The Hall–Kier alpha value is -3.45. The lowest BCUT2D eigenvalue weighted by Gasteiger charge is -2.30. The van der Waals surface area contributed by atoms with Gasteiger partial charge in [0.05, 0.1) is 0 Å². The number of rotatable bonds is 5. The van der Waals surface area contributed by atoms with Crippen LogP contribution >= 0.6 is 0 Å². The minimum absolute atomic E-state index is 0.408. The maximum absolute atomic E-state index is 13.1. The molecule has 0 radical (unpaired) electrons. The van der Waals surface area contributed by atoms with E-state index in [0.29, 0.717) is 11.1 Å². The molecule has 0 saturated heterocycles. The molecule has 0 bridgehead atoms. The Labute approximate surface area is 178 Å². The topological polar surface area (TPSA) is 87.7 Å². The Morgan fingerprint density at radius 1 is 1.10 bits per heavy atom. The van der Waals surface area contributed by atoms with E-state index in [9.17, 15) is 14.4 Å². The molecule has 0 heterocycles. The van der Waals surface area contributed by atoms with Crippen LogP contribution in [0.5, 0.6) is 0 Å². The first-order valence-electron chi connectivity index (χ1n) is 9.42. The summed E-state index contributed by atoms with van der Waals surface area (Å²) in [6.07, 6.45) is 10.4. The summed E-state index contributed by atoms with van der Waals surface area (Å²) >= 11 is 0. The maximum Gasteiger partial charge on any atom is 0.408 e. The minimum atomic E-state index is -1.17. The second-order valence-corrected chi connectivity index (χ2v) is 8.62. The third-order valence-corrected chi connectivity index (χ3v) is 3.61.